The Morgan fingerprint density at radius 1 is 1.43 bits per heavy atom. The van der Waals surface area contributed by atoms with E-state index < -0.39 is 9.84 Å². The zero-order chi connectivity index (χ0) is 10.6. The Morgan fingerprint density at radius 2 is 2.14 bits per heavy atom. The Bertz CT molecular complexity index is 295. The van der Waals surface area contributed by atoms with Gasteiger partial charge in [0.2, 0.25) is 0 Å². The van der Waals surface area contributed by atoms with Crippen LogP contribution in [0, 0.1) is 5.92 Å². The normalized spacial score (nSPS) is 22.9. The highest BCUT2D eigenvalue weighted by molar-refractivity contribution is 8.00. The van der Waals surface area contributed by atoms with E-state index in [0.29, 0.717) is 18.6 Å². The first kappa shape index (κ1) is 12.0. The minimum atomic E-state index is -2.90. The second-order valence-corrected chi connectivity index (χ2v) is 6.95. The van der Waals surface area contributed by atoms with Crippen molar-refractivity contribution >= 4 is 27.4 Å². The van der Waals surface area contributed by atoms with Gasteiger partial charge in [0, 0.05) is 17.4 Å². The van der Waals surface area contributed by atoms with Crippen LogP contribution in [0.25, 0.3) is 0 Å². The molecule has 1 atom stereocenters. The van der Waals surface area contributed by atoms with Crippen LogP contribution in [0.4, 0.5) is 0 Å². The van der Waals surface area contributed by atoms with Gasteiger partial charge in [-0.25, -0.2) is 8.42 Å². The maximum atomic E-state index is 11.4. The highest BCUT2D eigenvalue weighted by Gasteiger charge is 2.26. The van der Waals surface area contributed by atoms with Crippen LogP contribution in [-0.2, 0) is 14.6 Å². The summed E-state index contributed by atoms with van der Waals surface area (Å²) in [5.41, 5.74) is 0. The number of carbonyl (C=O) groups is 1. The molecule has 0 bridgehead atoms. The van der Waals surface area contributed by atoms with Crippen molar-refractivity contribution in [3.63, 3.8) is 0 Å². The van der Waals surface area contributed by atoms with Crippen molar-refractivity contribution in [2.45, 2.75) is 19.8 Å². The van der Waals surface area contributed by atoms with E-state index in [4.69, 9.17) is 0 Å². The van der Waals surface area contributed by atoms with E-state index in [0.717, 1.165) is 5.75 Å². The largest absolute Gasteiger partial charge is 0.298 e. The van der Waals surface area contributed by atoms with E-state index in [2.05, 4.69) is 0 Å². The van der Waals surface area contributed by atoms with Crippen molar-refractivity contribution in [3.05, 3.63) is 0 Å². The number of hydrogen-bond acceptors (Lipinski definition) is 4. The molecule has 0 aromatic heterocycles. The molecule has 0 spiro atoms. The van der Waals surface area contributed by atoms with Crippen LogP contribution in [0.3, 0.4) is 0 Å². The van der Waals surface area contributed by atoms with Crippen molar-refractivity contribution in [2.24, 2.45) is 5.92 Å². The SMILES string of the molecule is CCCS(=O)(=O)CCC1CSCC1=O. The van der Waals surface area contributed by atoms with Gasteiger partial charge < -0.3 is 0 Å². The van der Waals surface area contributed by atoms with Gasteiger partial charge in [0.15, 0.2) is 0 Å². The molecule has 5 heteroatoms. The van der Waals surface area contributed by atoms with Gasteiger partial charge in [-0.3, -0.25) is 4.79 Å². The highest BCUT2D eigenvalue weighted by Crippen LogP contribution is 2.23. The lowest BCUT2D eigenvalue weighted by atomic mass is 10.1. The minimum absolute atomic E-state index is 0.00775. The van der Waals surface area contributed by atoms with Crippen LogP contribution in [0.15, 0.2) is 0 Å². The third-order valence-electron chi connectivity index (χ3n) is 2.31. The summed E-state index contributed by atoms with van der Waals surface area (Å²) in [6.45, 7) is 1.86. The molecule has 0 N–H and O–H groups in total. The van der Waals surface area contributed by atoms with Crippen LogP contribution in [0.2, 0.25) is 0 Å². The molecular formula is C9H16O3S2. The first-order valence-electron chi connectivity index (χ1n) is 4.86. The molecule has 0 radical (unpaired) electrons. The fraction of sp³-hybridized carbons (Fsp3) is 0.889. The summed E-state index contributed by atoms with van der Waals surface area (Å²) < 4.78 is 22.8. The third kappa shape index (κ3) is 3.61. The summed E-state index contributed by atoms with van der Waals surface area (Å²) in [4.78, 5) is 11.2. The van der Waals surface area contributed by atoms with Gasteiger partial charge in [0.05, 0.1) is 11.5 Å². The molecule has 0 amide bonds. The number of sulfone groups is 1. The highest BCUT2D eigenvalue weighted by atomic mass is 32.2. The lowest BCUT2D eigenvalue weighted by Gasteiger charge is -2.06. The van der Waals surface area contributed by atoms with E-state index in [9.17, 15) is 13.2 Å². The maximum absolute atomic E-state index is 11.4. The molecule has 1 aliphatic heterocycles. The van der Waals surface area contributed by atoms with Gasteiger partial charge in [0.1, 0.15) is 15.6 Å². The van der Waals surface area contributed by atoms with Crippen LogP contribution in [-0.4, -0.2) is 37.2 Å². The summed E-state index contributed by atoms with van der Waals surface area (Å²) in [5.74, 6) is 2.02. The summed E-state index contributed by atoms with van der Waals surface area (Å²) in [5, 5.41) is 0. The van der Waals surface area contributed by atoms with Crippen LogP contribution < -0.4 is 0 Å². The molecule has 3 nitrogen and oxygen atoms in total. The lowest BCUT2D eigenvalue weighted by molar-refractivity contribution is -0.119. The molecular weight excluding hydrogens is 220 g/mol. The maximum Gasteiger partial charge on any atom is 0.150 e. The number of hydrogen-bond donors (Lipinski definition) is 0. The monoisotopic (exact) mass is 236 g/mol. The van der Waals surface area contributed by atoms with E-state index in [-0.39, 0.29) is 23.2 Å². The van der Waals surface area contributed by atoms with Crippen molar-refractivity contribution in [1.29, 1.82) is 0 Å². The van der Waals surface area contributed by atoms with Gasteiger partial charge in [-0.1, -0.05) is 6.92 Å². The summed E-state index contributed by atoms with van der Waals surface area (Å²) >= 11 is 1.61. The molecule has 1 fully saturated rings. The Balaban J connectivity index is 2.36. The quantitative estimate of drug-likeness (QED) is 0.718. The molecule has 0 aliphatic carbocycles. The van der Waals surface area contributed by atoms with E-state index >= 15 is 0 Å². The van der Waals surface area contributed by atoms with Gasteiger partial charge in [-0.2, -0.15) is 11.8 Å². The Morgan fingerprint density at radius 3 is 2.64 bits per heavy atom. The molecule has 82 valence electrons. The third-order valence-corrected chi connectivity index (χ3v) is 5.33. The van der Waals surface area contributed by atoms with E-state index in [1.165, 1.54) is 0 Å². The van der Waals surface area contributed by atoms with Gasteiger partial charge in [0.25, 0.3) is 0 Å². The smallest absolute Gasteiger partial charge is 0.150 e. The Labute approximate surface area is 89.6 Å². The zero-order valence-corrected chi connectivity index (χ0v) is 9.99. The fourth-order valence-corrected chi connectivity index (χ4v) is 4.15. The van der Waals surface area contributed by atoms with Crippen molar-refractivity contribution in [3.8, 4) is 0 Å². The van der Waals surface area contributed by atoms with E-state index in [1.807, 2.05) is 6.92 Å². The number of thioether (sulfide) groups is 1. The molecule has 1 aliphatic rings. The topological polar surface area (TPSA) is 51.2 Å². The first-order valence-corrected chi connectivity index (χ1v) is 7.83. The molecule has 0 aromatic rings. The number of rotatable bonds is 5. The average molecular weight is 236 g/mol. The predicted molar refractivity (Wildman–Crippen MR) is 59.4 cm³/mol. The molecule has 0 saturated carbocycles. The van der Waals surface area contributed by atoms with E-state index in [1.54, 1.807) is 11.8 Å². The molecule has 1 heterocycles. The van der Waals surface area contributed by atoms with Crippen molar-refractivity contribution in [2.75, 3.05) is 23.0 Å². The predicted octanol–water partition coefficient (Wildman–Crippen LogP) is 1.13. The number of carbonyl (C=O) groups excluding carboxylic acids is 1. The van der Waals surface area contributed by atoms with Gasteiger partial charge in [-0.15, -0.1) is 0 Å². The Hall–Kier alpha value is -0.0300. The zero-order valence-electron chi connectivity index (χ0n) is 8.36. The summed E-state index contributed by atoms with van der Waals surface area (Å²) in [6, 6.07) is 0. The lowest BCUT2D eigenvalue weighted by Crippen LogP contribution is -2.18. The Kier molecular flexibility index (Phi) is 4.44. The van der Waals surface area contributed by atoms with Crippen LogP contribution in [0.5, 0.6) is 0 Å². The molecule has 14 heavy (non-hydrogen) atoms. The first-order chi connectivity index (χ1) is 6.55. The summed E-state index contributed by atoms with van der Waals surface area (Å²) in [6.07, 6.45) is 1.18. The average Bonchev–Trinajstić information content (AvgIpc) is 2.48. The standard InChI is InChI=1S/C9H16O3S2/c1-2-4-14(11,12)5-3-8-6-13-7-9(8)10/h8H,2-7H2,1H3. The minimum Gasteiger partial charge on any atom is -0.298 e. The molecule has 0 aromatic carbocycles. The van der Waals surface area contributed by atoms with Crippen LogP contribution >= 0.6 is 11.8 Å². The van der Waals surface area contributed by atoms with Crippen LogP contribution in [0.1, 0.15) is 19.8 Å². The second-order valence-electron chi connectivity index (χ2n) is 3.62. The van der Waals surface area contributed by atoms with Gasteiger partial charge >= 0.3 is 0 Å². The molecule has 1 saturated heterocycles. The summed E-state index contributed by atoms with van der Waals surface area (Å²) in [7, 11) is -2.90. The molecule has 1 unspecified atom stereocenters. The fourth-order valence-electron chi connectivity index (χ4n) is 1.49. The van der Waals surface area contributed by atoms with Crippen molar-refractivity contribution < 1.29 is 13.2 Å². The number of Topliss-reactive ketones (excluding diaryl/α,β-unsaturated/α-hetero) is 1. The second kappa shape index (κ2) is 5.16. The van der Waals surface area contributed by atoms with Crippen molar-refractivity contribution in [1.82, 2.24) is 0 Å². The molecule has 1 rings (SSSR count). The number of ketones is 1. The van der Waals surface area contributed by atoms with Gasteiger partial charge in [-0.05, 0) is 12.8 Å².